The van der Waals surface area contributed by atoms with Gasteiger partial charge < -0.3 is 4.57 Å². The van der Waals surface area contributed by atoms with Gasteiger partial charge in [0.1, 0.15) is 11.3 Å². The monoisotopic (exact) mass is 306 g/mol. The molecule has 0 N–H and O–H groups in total. The molecular formula is C14H15ClN4S. The predicted octanol–water partition coefficient (Wildman–Crippen LogP) is 3.22. The van der Waals surface area contributed by atoms with Gasteiger partial charge in [0.15, 0.2) is 5.65 Å². The van der Waals surface area contributed by atoms with Crippen LogP contribution in [0.4, 0.5) is 0 Å². The molecule has 0 aliphatic heterocycles. The molecule has 0 aliphatic carbocycles. The second-order valence-electron chi connectivity index (χ2n) is 4.59. The summed E-state index contributed by atoms with van der Waals surface area (Å²) in [6.45, 7) is 2.84. The van der Waals surface area contributed by atoms with Crippen molar-refractivity contribution in [2.45, 2.75) is 26.3 Å². The van der Waals surface area contributed by atoms with Crippen molar-refractivity contribution in [3.63, 3.8) is 0 Å². The molecule has 0 radical (unpaired) electrons. The average Bonchev–Trinajstić information content (AvgIpc) is 3.04. The summed E-state index contributed by atoms with van der Waals surface area (Å²) < 4.78 is 2.17. The van der Waals surface area contributed by atoms with Crippen LogP contribution in [-0.4, -0.2) is 25.4 Å². The number of pyridine rings is 1. The van der Waals surface area contributed by atoms with Crippen molar-refractivity contribution >= 4 is 34.1 Å². The Morgan fingerprint density at radius 1 is 1.25 bits per heavy atom. The van der Waals surface area contributed by atoms with Crippen molar-refractivity contribution in [3.05, 3.63) is 40.2 Å². The molecule has 0 saturated heterocycles. The highest BCUT2D eigenvalue weighted by Crippen LogP contribution is 2.17. The summed E-state index contributed by atoms with van der Waals surface area (Å²) in [7, 11) is 0. The van der Waals surface area contributed by atoms with Crippen molar-refractivity contribution in [2.75, 3.05) is 5.88 Å². The minimum absolute atomic E-state index is 0.569. The van der Waals surface area contributed by atoms with Gasteiger partial charge in [0, 0.05) is 42.5 Å². The van der Waals surface area contributed by atoms with Gasteiger partial charge in [-0.2, -0.15) is 0 Å². The highest BCUT2D eigenvalue weighted by atomic mass is 35.5. The molecule has 104 valence electrons. The lowest BCUT2D eigenvalue weighted by Gasteiger charge is -2.06. The number of hydrogen-bond donors (Lipinski definition) is 0. The van der Waals surface area contributed by atoms with Gasteiger partial charge in [-0.05, 0) is 19.1 Å². The van der Waals surface area contributed by atoms with E-state index >= 15 is 0 Å². The van der Waals surface area contributed by atoms with Crippen LogP contribution in [0.25, 0.3) is 11.2 Å². The molecule has 0 bridgehead atoms. The Labute approximate surface area is 126 Å². The van der Waals surface area contributed by atoms with Gasteiger partial charge in [0.25, 0.3) is 0 Å². The Kier molecular flexibility index (Phi) is 3.98. The van der Waals surface area contributed by atoms with E-state index in [0.29, 0.717) is 5.88 Å². The molecule has 6 heteroatoms. The van der Waals surface area contributed by atoms with E-state index in [1.165, 1.54) is 0 Å². The van der Waals surface area contributed by atoms with Crippen LogP contribution in [0.1, 0.15) is 16.5 Å². The van der Waals surface area contributed by atoms with E-state index in [2.05, 4.69) is 19.5 Å². The largest absolute Gasteiger partial charge is 0.312 e. The zero-order valence-corrected chi connectivity index (χ0v) is 12.8. The van der Waals surface area contributed by atoms with Crippen LogP contribution in [-0.2, 0) is 19.4 Å². The molecule has 20 heavy (non-hydrogen) atoms. The first-order valence-electron chi connectivity index (χ1n) is 6.55. The number of imidazole rings is 1. The maximum atomic E-state index is 5.88. The molecule has 3 aromatic rings. The zero-order chi connectivity index (χ0) is 13.9. The van der Waals surface area contributed by atoms with E-state index in [-0.39, 0.29) is 0 Å². The van der Waals surface area contributed by atoms with Crippen molar-refractivity contribution in [1.29, 1.82) is 0 Å². The number of aryl methyl sites for hydroxylation is 4. The Morgan fingerprint density at radius 3 is 2.90 bits per heavy atom. The minimum atomic E-state index is 0.569. The van der Waals surface area contributed by atoms with E-state index in [1.807, 2.05) is 30.6 Å². The Hall–Kier alpha value is -1.46. The molecule has 0 saturated carbocycles. The predicted molar refractivity (Wildman–Crippen MR) is 82.5 cm³/mol. The van der Waals surface area contributed by atoms with Crippen LogP contribution < -0.4 is 0 Å². The van der Waals surface area contributed by atoms with Gasteiger partial charge in [-0.1, -0.05) is 0 Å². The lowest BCUT2D eigenvalue weighted by molar-refractivity contribution is 0.667. The summed E-state index contributed by atoms with van der Waals surface area (Å²) in [5.41, 5.74) is 2.89. The Balaban J connectivity index is 1.96. The summed E-state index contributed by atoms with van der Waals surface area (Å²) in [6.07, 6.45) is 3.50. The number of nitrogens with zero attached hydrogens (tertiary/aromatic N) is 4. The number of fused-ring (bicyclic) bond motifs is 1. The highest BCUT2D eigenvalue weighted by Gasteiger charge is 2.12. The number of thiazole rings is 1. The van der Waals surface area contributed by atoms with Crippen LogP contribution in [0.2, 0.25) is 0 Å². The normalized spacial score (nSPS) is 11.3. The number of aromatic nitrogens is 4. The first-order valence-corrected chi connectivity index (χ1v) is 7.96. The van der Waals surface area contributed by atoms with E-state index < -0.39 is 0 Å². The Bertz CT molecular complexity index is 705. The van der Waals surface area contributed by atoms with Crippen LogP contribution >= 0.6 is 22.9 Å². The number of hydrogen-bond acceptors (Lipinski definition) is 4. The summed E-state index contributed by atoms with van der Waals surface area (Å²) in [5.74, 6) is 1.57. The molecular weight excluding hydrogens is 292 g/mol. The lowest BCUT2D eigenvalue weighted by atomic mass is 10.3. The van der Waals surface area contributed by atoms with E-state index in [4.69, 9.17) is 11.6 Å². The third-order valence-corrected chi connectivity index (χ3v) is 4.19. The van der Waals surface area contributed by atoms with Crippen LogP contribution in [0.5, 0.6) is 0 Å². The molecule has 0 aliphatic rings. The van der Waals surface area contributed by atoms with Crippen LogP contribution in [0.3, 0.4) is 0 Å². The Morgan fingerprint density at radius 2 is 2.15 bits per heavy atom. The van der Waals surface area contributed by atoms with Gasteiger partial charge in [-0.25, -0.2) is 15.0 Å². The standard InChI is InChI=1S/C14H15ClN4S/c1-10-2-3-11-14(17-10)19(12(18-11)4-6-15)8-5-13-16-7-9-20-13/h2-3,7,9H,4-6,8H2,1H3. The minimum Gasteiger partial charge on any atom is -0.312 e. The van der Waals surface area contributed by atoms with E-state index in [1.54, 1.807) is 11.3 Å². The fourth-order valence-corrected chi connectivity index (χ4v) is 3.02. The zero-order valence-electron chi connectivity index (χ0n) is 11.2. The first-order chi connectivity index (χ1) is 9.78. The third kappa shape index (κ3) is 2.69. The maximum Gasteiger partial charge on any atom is 0.160 e. The SMILES string of the molecule is Cc1ccc2nc(CCCl)n(CCc3nccs3)c2n1. The molecule has 3 rings (SSSR count). The fourth-order valence-electron chi connectivity index (χ4n) is 2.24. The summed E-state index contributed by atoms with van der Waals surface area (Å²) >= 11 is 7.56. The molecule has 0 spiro atoms. The molecule has 4 nitrogen and oxygen atoms in total. The third-order valence-electron chi connectivity index (χ3n) is 3.16. The van der Waals surface area contributed by atoms with E-state index in [9.17, 15) is 0 Å². The maximum absolute atomic E-state index is 5.88. The summed E-state index contributed by atoms with van der Waals surface area (Å²) in [6, 6.07) is 4.01. The quantitative estimate of drug-likeness (QED) is 0.680. The summed E-state index contributed by atoms with van der Waals surface area (Å²) in [4.78, 5) is 13.6. The van der Waals surface area contributed by atoms with Gasteiger partial charge in [0.2, 0.25) is 0 Å². The molecule has 0 amide bonds. The van der Waals surface area contributed by atoms with Crippen LogP contribution in [0, 0.1) is 6.92 Å². The smallest absolute Gasteiger partial charge is 0.160 e. The second-order valence-corrected chi connectivity index (χ2v) is 5.95. The molecule has 0 aromatic carbocycles. The summed E-state index contributed by atoms with van der Waals surface area (Å²) in [5, 5.41) is 3.14. The second kappa shape index (κ2) is 5.89. The van der Waals surface area contributed by atoms with Gasteiger partial charge in [-0.15, -0.1) is 22.9 Å². The molecule has 0 fully saturated rings. The highest BCUT2D eigenvalue weighted by molar-refractivity contribution is 7.09. The number of rotatable bonds is 5. The lowest BCUT2D eigenvalue weighted by Crippen LogP contribution is -2.07. The van der Waals surface area contributed by atoms with E-state index in [0.717, 1.165) is 47.1 Å². The molecule has 3 heterocycles. The number of halogens is 1. The average molecular weight is 307 g/mol. The van der Waals surface area contributed by atoms with Crippen LogP contribution in [0.15, 0.2) is 23.7 Å². The molecule has 0 unspecified atom stereocenters. The van der Waals surface area contributed by atoms with Crippen molar-refractivity contribution in [2.24, 2.45) is 0 Å². The first kappa shape index (κ1) is 13.5. The van der Waals surface area contributed by atoms with Crippen molar-refractivity contribution in [1.82, 2.24) is 19.5 Å². The molecule has 0 atom stereocenters. The van der Waals surface area contributed by atoms with Gasteiger partial charge >= 0.3 is 0 Å². The fraction of sp³-hybridized carbons (Fsp3) is 0.357. The van der Waals surface area contributed by atoms with Gasteiger partial charge in [0.05, 0.1) is 5.01 Å². The van der Waals surface area contributed by atoms with Gasteiger partial charge in [-0.3, -0.25) is 0 Å². The number of alkyl halides is 1. The van der Waals surface area contributed by atoms with Crippen molar-refractivity contribution in [3.8, 4) is 0 Å². The molecule has 3 aromatic heterocycles. The van der Waals surface area contributed by atoms with Crippen molar-refractivity contribution < 1.29 is 0 Å². The topological polar surface area (TPSA) is 43.6 Å².